The van der Waals surface area contributed by atoms with Crippen LogP contribution >= 0.6 is 50.6 Å². The second kappa shape index (κ2) is 9.08. The number of anilines is 1. The number of rotatable bonds is 4. The number of carbonyl (C=O) groups is 3. The Kier molecular flexibility index (Phi) is 5.88. The Labute approximate surface area is 239 Å². The van der Waals surface area contributed by atoms with Gasteiger partial charge in [-0.1, -0.05) is 51.0 Å². The first kappa shape index (κ1) is 24.6. The standard InChI is InChI=1S/C27H21BrClN3O4S2/c28-12-3-1-2-11(8-12)18-19-15-9-16(22(19)37-24-23(18)38-27(36)31-24)21-20(15)25(34)32(26(21)35)10-17(33)30-14-6-4-13(29)5-7-14/h1-8,15-16,18-22H,9-10H2,(H,30,33)(H,31,36)/t15?,16?,18-,19?,20?,21?,22?/m1/s1. The number of hydrogen-bond donors (Lipinski definition) is 2. The van der Waals surface area contributed by atoms with Crippen LogP contribution in [0.25, 0.3) is 0 Å². The molecule has 38 heavy (non-hydrogen) atoms. The maximum Gasteiger partial charge on any atom is 0.305 e. The van der Waals surface area contributed by atoms with Crippen molar-refractivity contribution in [2.45, 2.75) is 22.6 Å². The lowest BCUT2D eigenvalue weighted by atomic mass is 9.68. The van der Waals surface area contributed by atoms with Gasteiger partial charge >= 0.3 is 4.87 Å². The molecular weight excluding hydrogens is 610 g/mol. The third kappa shape index (κ3) is 3.75. The molecule has 6 unspecified atom stereocenters. The first-order valence-electron chi connectivity index (χ1n) is 12.4. The second-order valence-electron chi connectivity index (χ2n) is 10.3. The number of fused-ring (bicyclic) bond motifs is 9. The van der Waals surface area contributed by atoms with E-state index in [0.29, 0.717) is 10.7 Å². The Hall–Kier alpha value is -2.40. The molecule has 3 amide bonds. The summed E-state index contributed by atoms with van der Waals surface area (Å²) < 4.78 is 0.959. The number of likely N-dealkylation sites (tertiary alicyclic amines) is 1. The van der Waals surface area contributed by atoms with E-state index in [0.717, 1.165) is 31.3 Å². The molecule has 2 aromatic carbocycles. The van der Waals surface area contributed by atoms with Gasteiger partial charge in [-0.15, -0.1) is 11.8 Å². The molecule has 11 heteroatoms. The van der Waals surface area contributed by atoms with Gasteiger partial charge in [0.25, 0.3) is 0 Å². The predicted molar refractivity (Wildman–Crippen MR) is 149 cm³/mol. The monoisotopic (exact) mass is 629 g/mol. The number of halogens is 2. The molecule has 3 heterocycles. The van der Waals surface area contributed by atoms with Gasteiger partial charge in [-0.25, -0.2) is 0 Å². The minimum atomic E-state index is -0.426. The number of H-pyrrole nitrogens is 1. The van der Waals surface area contributed by atoms with Crippen LogP contribution in [0.1, 0.15) is 22.8 Å². The highest BCUT2D eigenvalue weighted by Gasteiger charge is 2.69. The highest BCUT2D eigenvalue weighted by atomic mass is 79.9. The number of aromatic nitrogens is 1. The van der Waals surface area contributed by atoms with Crippen LogP contribution in [-0.2, 0) is 14.4 Å². The Morgan fingerprint density at radius 1 is 1.08 bits per heavy atom. The fraction of sp³-hybridized carbons (Fsp3) is 0.333. The molecule has 7 atom stereocenters. The van der Waals surface area contributed by atoms with Crippen LogP contribution in [-0.4, -0.2) is 39.4 Å². The van der Waals surface area contributed by atoms with Crippen LogP contribution < -0.4 is 10.2 Å². The van der Waals surface area contributed by atoms with E-state index < -0.39 is 17.7 Å². The third-order valence-electron chi connectivity index (χ3n) is 8.45. The van der Waals surface area contributed by atoms with Gasteiger partial charge in [-0.3, -0.25) is 24.1 Å². The maximum absolute atomic E-state index is 13.7. The van der Waals surface area contributed by atoms with Crippen molar-refractivity contribution in [1.29, 1.82) is 0 Å². The van der Waals surface area contributed by atoms with Gasteiger partial charge in [0.2, 0.25) is 17.7 Å². The van der Waals surface area contributed by atoms with Gasteiger partial charge in [-0.2, -0.15) is 0 Å². The van der Waals surface area contributed by atoms with Crippen molar-refractivity contribution in [2.24, 2.45) is 29.6 Å². The van der Waals surface area contributed by atoms with Gasteiger partial charge in [0.05, 0.1) is 16.9 Å². The van der Waals surface area contributed by atoms with E-state index in [4.69, 9.17) is 11.6 Å². The summed E-state index contributed by atoms with van der Waals surface area (Å²) in [4.78, 5) is 57.5. The Bertz CT molecular complexity index is 1560. The third-order valence-corrected chi connectivity index (χ3v) is 11.8. The van der Waals surface area contributed by atoms with Crippen molar-refractivity contribution in [2.75, 3.05) is 11.9 Å². The number of nitrogens with one attached hydrogen (secondary N) is 2. The average Bonchev–Trinajstić information content (AvgIpc) is 3.61. The Morgan fingerprint density at radius 2 is 1.82 bits per heavy atom. The molecule has 1 aromatic heterocycles. The fourth-order valence-corrected chi connectivity index (χ4v) is 10.6. The van der Waals surface area contributed by atoms with E-state index in [1.807, 2.05) is 12.1 Å². The topological polar surface area (TPSA) is 99.3 Å². The Morgan fingerprint density at radius 3 is 2.55 bits per heavy atom. The smallest absolute Gasteiger partial charge is 0.305 e. The number of aromatic amines is 1. The van der Waals surface area contributed by atoms with Crippen molar-refractivity contribution < 1.29 is 14.4 Å². The van der Waals surface area contributed by atoms with E-state index in [1.165, 1.54) is 11.3 Å². The molecule has 7 rings (SSSR count). The zero-order valence-corrected chi connectivity index (χ0v) is 23.7. The summed E-state index contributed by atoms with van der Waals surface area (Å²) in [5, 5.41) is 4.30. The van der Waals surface area contributed by atoms with E-state index in [1.54, 1.807) is 36.0 Å². The molecule has 3 aromatic rings. The van der Waals surface area contributed by atoms with E-state index in [-0.39, 0.29) is 52.2 Å². The van der Waals surface area contributed by atoms with Crippen molar-refractivity contribution in [1.82, 2.24) is 9.88 Å². The summed E-state index contributed by atoms with van der Waals surface area (Å²) in [6.07, 6.45) is 0.809. The number of thiazole rings is 1. The molecule has 194 valence electrons. The van der Waals surface area contributed by atoms with Crippen LogP contribution in [0, 0.1) is 29.6 Å². The lowest BCUT2D eigenvalue weighted by Crippen LogP contribution is -2.42. The zero-order chi connectivity index (χ0) is 26.3. The molecule has 1 saturated heterocycles. The van der Waals surface area contributed by atoms with Crippen molar-refractivity contribution >= 4 is 74.0 Å². The average molecular weight is 631 g/mol. The van der Waals surface area contributed by atoms with E-state index in [9.17, 15) is 19.2 Å². The molecule has 7 nitrogen and oxygen atoms in total. The zero-order valence-electron chi connectivity index (χ0n) is 19.7. The summed E-state index contributed by atoms with van der Waals surface area (Å²) >= 11 is 12.4. The first-order chi connectivity index (χ1) is 18.3. The van der Waals surface area contributed by atoms with E-state index in [2.05, 4.69) is 38.4 Å². The molecule has 2 N–H and O–H groups in total. The molecule has 3 fully saturated rings. The van der Waals surface area contributed by atoms with Crippen molar-refractivity contribution in [3.8, 4) is 0 Å². The van der Waals surface area contributed by atoms with Crippen LogP contribution in [0.15, 0.2) is 62.8 Å². The number of imide groups is 1. The molecule has 2 bridgehead atoms. The summed E-state index contributed by atoms with van der Waals surface area (Å²) in [5.41, 5.74) is 1.66. The lowest BCUT2D eigenvalue weighted by molar-refractivity contribution is -0.143. The van der Waals surface area contributed by atoms with Crippen LogP contribution in [0.2, 0.25) is 5.02 Å². The summed E-state index contributed by atoms with van der Waals surface area (Å²) in [5.74, 6) is -1.63. The minimum absolute atomic E-state index is 0.0117. The second-order valence-corrected chi connectivity index (χ2v) is 13.9. The minimum Gasteiger partial charge on any atom is -0.325 e. The van der Waals surface area contributed by atoms with Crippen LogP contribution in [0.5, 0.6) is 0 Å². The number of thioether (sulfide) groups is 1. The summed E-state index contributed by atoms with van der Waals surface area (Å²) in [7, 11) is 0. The van der Waals surface area contributed by atoms with Gasteiger partial charge in [0.1, 0.15) is 6.54 Å². The molecule has 2 saturated carbocycles. The SMILES string of the molecule is O=C(CN1C(=O)C2C3CC(C2C1=O)C1C3Sc2[nH]c(=O)sc2[C@@H]1c1cccc(Br)c1)Nc1ccc(Cl)cc1. The molecule has 4 aliphatic rings. The molecular formula is C27H21BrClN3O4S2. The number of amides is 3. The van der Waals surface area contributed by atoms with Gasteiger partial charge in [-0.05, 0) is 66.1 Å². The summed E-state index contributed by atoms with van der Waals surface area (Å²) in [6, 6.07) is 14.8. The number of hydrogen-bond acceptors (Lipinski definition) is 6. The Balaban J connectivity index is 1.19. The van der Waals surface area contributed by atoms with Crippen molar-refractivity contribution in [3.05, 3.63) is 78.1 Å². The number of carbonyl (C=O) groups excluding carboxylic acids is 3. The van der Waals surface area contributed by atoms with Crippen molar-refractivity contribution in [3.63, 3.8) is 0 Å². The number of nitrogens with zero attached hydrogens (tertiary/aromatic N) is 1. The van der Waals surface area contributed by atoms with E-state index >= 15 is 0 Å². The predicted octanol–water partition coefficient (Wildman–Crippen LogP) is 4.96. The van der Waals surface area contributed by atoms with Crippen LogP contribution in [0.4, 0.5) is 5.69 Å². The largest absolute Gasteiger partial charge is 0.325 e. The van der Waals surface area contributed by atoms with Crippen LogP contribution in [0.3, 0.4) is 0 Å². The van der Waals surface area contributed by atoms with Gasteiger partial charge < -0.3 is 10.3 Å². The number of benzene rings is 2. The molecule has 0 radical (unpaired) electrons. The molecule has 2 aliphatic carbocycles. The van der Waals surface area contributed by atoms with Gasteiger partial charge in [0.15, 0.2) is 0 Å². The highest BCUT2D eigenvalue weighted by molar-refractivity contribution is 9.10. The normalized spacial score (nSPS) is 30.8. The quantitative estimate of drug-likeness (QED) is 0.397. The molecule has 0 spiro atoms. The maximum atomic E-state index is 13.7. The fourth-order valence-electron chi connectivity index (χ4n) is 7.18. The summed E-state index contributed by atoms with van der Waals surface area (Å²) in [6.45, 7) is -0.301. The highest BCUT2D eigenvalue weighted by Crippen LogP contribution is 2.68. The molecule has 2 aliphatic heterocycles. The first-order valence-corrected chi connectivity index (χ1v) is 15.2. The van der Waals surface area contributed by atoms with Gasteiger partial charge in [0, 0.05) is 31.2 Å². The lowest BCUT2D eigenvalue weighted by Gasteiger charge is -2.43.